The third kappa shape index (κ3) is 2.59. The SMILES string of the molecule is N#Cc1cc(S(=O)(=O)Cl)c(I)cc1Br. The van der Waals surface area contributed by atoms with Gasteiger partial charge in [0.05, 0.1) is 10.5 Å². The van der Waals surface area contributed by atoms with Crippen molar-refractivity contribution in [3.8, 4) is 6.07 Å². The normalized spacial score (nSPS) is 11.0. The third-order valence-corrected chi connectivity index (χ3v) is 4.68. The van der Waals surface area contributed by atoms with Crippen molar-refractivity contribution in [1.29, 1.82) is 5.26 Å². The molecule has 0 atom stereocenters. The topological polar surface area (TPSA) is 57.9 Å². The van der Waals surface area contributed by atoms with Crippen molar-refractivity contribution in [2.24, 2.45) is 0 Å². The number of halogens is 3. The van der Waals surface area contributed by atoms with Crippen LogP contribution in [-0.4, -0.2) is 8.42 Å². The summed E-state index contributed by atoms with van der Waals surface area (Å²) in [7, 11) is 1.40. The zero-order valence-electron chi connectivity index (χ0n) is 6.46. The zero-order chi connectivity index (χ0) is 10.9. The van der Waals surface area contributed by atoms with Gasteiger partial charge in [-0.1, -0.05) is 0 Å². The van der Waals surface area contributed by atoms with Gasteiger partial charge in [-0.05, 0) is 50.7 Å². The Hall–Kier alpha value is 0.160. The number of hydrogen-bond acceptors (Lipinski definition) is 3. The van der Waals surface area contributed by atoms with Crippen LogP contribution in [0.5, 0.6) is 0 Å². The fraction of sp³-hybridized carbons (Fsp3) is 0. The summed E-state index contributed by atoms with van der Waals surface area (Å²) in [6.07, 6.45) is 0. The van der Waals surface area contributed by atoms with Crippen molar-refractivity contribution in [2.75, 3.05) is 0 Å². The lowest BCUT2D eigenvalue weighted by Crippen LogP contribution is -1.96. The number of nitriles is 1. The molecule has 1 aromatic rings. The summed E-state index contributed by atoms with van der Waals surface area (Å²) in [6, 6.07) is 4.64. The molecule has 0 unspecified atom stereocenters. The van der Waals surface area contributed by atoms with Crippen molar-refractivity contribution in [3.63, 3.8) is 0 Å². The fourth-order valence-electron chi connectivity index (χ4n) is 0.802. The van der Waals surface area contributed by atoms with Crippen LogP contribution in [-0.2, 0) is 9.05 Å². The molecule has 14 heavy (non-hydrogen) atoms. The molecule has 0 saturated carbocycles. The van der Waals surface area contributed by atoms with Gasteiger partial charge in [0.1, 0.15) is 6.07 Å². The van der Waals surface area contributed by atoms with E-state index in [-0.39, 0.29) is 10.5 Å². The highest BCUT2D eigenvalue weighted by Crippen LogP contribution is 2.28. The lowest BCUT2D eigenvalue weighted by molar-refractivity contribution is 0.609. The minimum absolute atomic E-state index is 0.0421. The Morgan fingerprint density at radius 3 is 2.50 bits per heavy atom. The minimum atomic E-state index is -3.79. The van der Waals surface area contributed by atoms with E-state index in [9.17, 15) is 8.42 Å². The summed E-state index contributed by atoms with van der Waals surface area (Å²) in [5.41, 5.74) is 0.240. The van der Waals surface area contributed by atoms with E-state index in [4.69, 9.17) is 15.9 Å². The molecule has 0 heterocycles. The monoisotopic (exact) mass is 405 g/mol. The molecule has 0 radical (unpaired) electrons. The fourth-order valence-corrected chi connectivity index (χ4v) is 4.32. The molecule has 0 bridgehead atoms. The van der Waals surface area contributed by atoms with Gasteiger partial charge in [-0.15, -0.1) is 0 Å². The summed E-state index contributed by atoms with van der Waals surface area (Å²) < 4.78 is 23.2. The van der Waals surface area contributed by atoms with E-state index in [0.717, 1.165) is 0 Å². The third-order valence-electron chi connectivity index (χ3n) is 1.40. The van der Waals surface area contributed by atoms with Crippen molar-refractivity contribution < 1.29 is 8.42 Å². The van der Waals surface area contributed by atoms with Crippen LogP contribution in [0.1, 0.15) is 5.56 Å². The summed E-state index contributed by atoms with van der Waals surface area (Å²) >= 11 is 4.98. The molecular weight excluding hydrogens is 404 g/mol. The van der Waals surface area contributed by atoms with Crippen LogP contribution in [0.4, 0.5) is 0 Å². The van der Waals surface area contributed by atoms with E-state index in [0.29, 0.717) is 8.04 Å². The molecule has 0 spiro atoms. The highest BCUT2D eigenvalue weighted by Gasteiger charge is 2.16. The molecule has 0 aliphatic heterocycles. The first-order chi connectivity index (χ1) is 6.36. The van der Waals surface area contributed by atoms with Crippen LogP contribution in [0.15, 0.2) is 21.5 Å². The second-order valence-electron chi connectivity index (χ2n) is 2.31. The first-order valence-corrected chi connectivity index (χ1v) is 7.38. The highest BCUT2D eigenvalue weighted by atomic mass is 127. The smallest absolute Gasteiger partial charge is 0.207 e. The van der Waals surface area contributed by atoms with E-state index >= 15 is 0 Å². The van der Waals surface area contributed by atoms with Crippen LogP contribution >= 0.6 is 49.2 Å². The predicted octanol–water partition coefficient (Wildman–Crippen LogP) is 2.85. The van der Waals surface area contributed by atoms with E-state index in [1.807, 2.05) is 28.7 Å². The Bertz CT molecular complexity index is 523. The summed E-state index contributed by atoms with van der Waals surface area (Å²) in [5, 5.41) is 8.68. The molecule has 0 aromatic heterocycles. The van der Waals surface area contributed by atoms with Gasteiger partial charge in [0.15, 0.2) is 0 Å². The van der Waals surface area contributed by atoms with Crippen LogP contribution < -0.4 is 0 Å². The highest BCUT2D eigenvalue weighted by molar-refractivity contribution is 14.1. The molecule has 0 aliphatic rings. The number of hydrogen-bond donors (Lipinski definition) is 0. The number of benzene rings is 1. The van der Waals surface area contributed by atoms with Crippen molar-refractivity contribution in [1.82, 2.24) is 0 Å². The van der Waals surface area contributed by atoms with Gasteiger partial charge >= 0.3 is 0 Å². The van der Waals surface area contributed by atoms with Crippen LogP contribution in [0.2, 0.25) is 0 Å². The molecule has 0 amide bonds. The Morgan fingerprint density at radius 2 is 2.07 bits per heavy atom. The molecule has 0 saturated heterocycles. The lowest BCUT2D eigenvalue weighted by Gasteiger charge is -2.02. The van der Waals surface area contributed by atoms with Gasteiger partial charge in [0.25, 0.3) is 9.05 Å². The van der Waals surface area contributed by atoms with Crippen LogP contribution in [0.3, 0.4) is 0 Å². The first kappa shape index (κ1) is 12.2. The number of rotatable bonds is 1. The average molecular weight is 406 g/mol. The van der Waals surface area contributed by atoms with Gasteiger partial charge in [-0.25, -0.2) is 8.42 Å². The van der Waals surface area contributed by atoms with Gasteiger partial charge in [0, 0.05) is 18.7 Å². The van der Waals surface area contributed by atoms with E-state index in [1.54, 1.807) is 0 Å². The Kier molecular flexibility index (Phi) is 3.80. The Labute approximate surface area is 108 Å². The Balaban J connectivity index is 3.58. The number of nitrogens with zero attached hydrogens (tertiary/aromatic N) is 1. The zero-order valence-corrected chi connectivity index (χ0v) is 11.8. The van der Waals surface area contributed by atoms with Crippen molar-refractivity contribution >= 4 is 58.3 Å². The largest absolute Gasteiger partial charge is 0.262 e. The van der Waals surface area contributed by atoms with Crippen LogP contribution in [0.25, 0.3) is 0 Å². The van der Waals surface area contributed by atoms with E-state index in [2.05, 4.69) is 15.9 Å². The maximum Gasteiger partial charge on any atom is 0.262 e. The minimum Gasteiger partial charge on any atom is -0.207 e. The molecule has 1 aromatic carbocycles. The molecule has 1 rings (SSSR count). The molecule has 74 valence electrons. The van der Waals surface area contributed by atoms with Gasteiger partial charge in [-0.3, -0.25) is 0 Å². The molecule has 0 aliphatic carbocycles. The molecule has 0 N–H and O–H groups in total. The average Bonchev–Trinajstić information content (AvgIpc) is 2.02. The molecule has 7 heteroatoms. The van der Waals surface area contributed by atoms with Gasteiger partial charge in [0.2, 0.25) is 0 Å². The summed E-state index contributed by atoms with van der Waals surface area (Å²) in [4.78, 5) is -0.0421. The Morgan fingerprint density at radius 1 is 1.50 bits per heavy atom. The van der Waals surface area contributed by atoms with E-state index in [1.165, 1.54) is 12.1 Å². The summed E-state index contributed by atoms with van der Waals surface area (Å²) in [6.45, 7) is 0. The van der Waals surface area contributed by atoms with Crippen molar-refractivity contribution in [2.45, 2.75) is 4.90 Å². The standard InChI is InChI=1S/C7H2BrClINO2S/c8-5-2-6(10)7(14(9,12)13)1-4(5)3-11/h1-2H. The van der Waals surface area contributed by atoms with Crippen molar-refractivity contribution in [3.05, 3.63) is 25.7 Å². The van der Waals surface area contributed by atoms with Crippen LogP contribution in [0, 0.1) is 14.9 Å². The van der Waals surface area contributed by atoms with E-state index < -0.39 is 9.05 Å². The predicted molar refractivity (Wildman–Crippen MR) is 64.6 cm³/mol. The quantitative estimate of drug-likeness (QED) is 0.532. The molecule has 3 nitrogen and oxygen atoms in total. The summed E-state index contributed by atoms with van der Waals surface area (Å²) in [5.74, 6) is 0. The first-order valence-electron chi connectivity index (χ1n) is 3.20. The van der Waals surface area contributed by atoms with Gasteiger partial charge < -0.3 is 0 Å². The van der Waals surface area contributed by atoms with Gasteiger partial charge in [-0.2, -0.15) is 5.26 Å². The maximum absolute atomic E-state index is 11.1. The second-order valence-corrected chi connectivity index (χ2v) is 6.86. The lowest BCUT2D eigenvalue weighted by atomic mass is 10.2. The molecule has 0 fully saturated rings. The second kappa shape index (κ2) is 4.35. The molecular formula is C7H2BrClINO2S. The maximum atomic E-state index is 11.1.